The van der Waals surface area contributed by atoms with Crippen LogP contribution in [0.25, 0.3) is 11.7 Å². The van der Waals surface area contributed by atoms with Crippen LogP contribution in [0.1, 0.15) is 38.3 Å². The summed E-state index contributed by atoms with van der Waals surface area (Å²) in [5.41, 5.74) is 0.813. The van der Waals surface area contributed by atoms with Gasteiger partial charge >= 0.3 is 0 Å². The highest BCUT2D eigenvalue weighted by Crippen LogP contribution is 2.33. The lowest BCUT2D eigenvalue weighted by Crippen LogP contribution is -2.38. The summed E-state index contributed by atoms with van der Waals surface area (Å²) in [6.45, 7) is 3.82. The van der Waals surface area contributed by atoms with Gasteiger partial charge in [-0.15, -0.1) is 0 Å². The van der Waals surface area contributed by atoms with Crippen LogP contribution in [0.15, 0.2) is 45.4 Å². The van der Waals surface area contributed by atoms with Gasteiger partial charge in [-0.05, 0) is 43.5 Å². The van der Waals surface area contributed by atoms with Gasteiger partial charge in [0.05, 0.1) is 25.7 Å². The van der Waals surface area contributed by atoms with Crippen LogP contribution in [0, 0.1) is 17.2 Å². The number of nitrogens with zero attached hydrogens (tertiary/aromatic N) is 3. The fraction of sp³-hybridized carbons (Fsp3) is 0.400. The number of aromatic nitrogens is 1. The van der Waals surface area contributed by atoms with Crippen molar-refractivity contribution >= 4 is 17.5 Å². The number of methoxy groups -OCH3 is 1. The third kappa shape index (κ3) is 5.17. The Bertz CT molecular complexity index is 1140. The molecule has 1 fully saturated rings. The van der Waals surface area contributed by atoms with Gasteiger partial charge in [-0.25, -0.2) is 0 Å². The minimum Gasteiger partial charge on any atom is -0.497 e. The van der Waals surface area contributed by atoms with Crippen LogP contribution in [-0.4, -0.2) is 37.7 Å². The van der Waals surface area contributed by atoms with Gasteiger partial charge in [0.15, 0.2) is 5.76 Å². The first kappa shape index (κ1) is 23.2. The van der Waals surface area contributed by atoms with Crippen molar-refractivity contribution in [2.24, 2.45) is 5.92 Å². The highest BCUT2D eigenvalue weighted by molar-refractivity contribution is 5.94. The molecule has 0 radical (unpaired) electrons. The molecule has 178 valence electrons. The number of rotatable bonds is 9. The molecule has 0 spiro atoms. The van der Waals surface area contributed by atoms with Crippen LogP contribution in [0.5, 0.6) is 11.5 Å². The van der Waals surface area contributed by atoms with Crippen LogP contribution in [0.4, 0.5) is 11.6 Å². The molecule has 1 aliphatic heterocycles. The van der Waals surface area contributed by atoms with Crippen molar-refractivity contribution in [1.29, 1.82) is 5.26 Å². The van der Waals surface area contributed by atoms with E-state index in [-0.39, 0.29) is 23.4 Å². The van der Waals surface area contributed by atoms with E-state index in [2.05, 4.69) is 23.3 Å². The summed E-state index contributed by atoms with van der Waals surface area (Å²) in [6, 6.07) is 11.0. The molecule has 2 aromatic heterocycles. The summed E-state index contributed by atoms with van der Waals surface area (Å²) in [7, 11) is 1.59. The van der Waals surface area contributed by atoms with E-state index < -0.39 is 0 Å². The molecule has 0 unspecified atom stereocenters. The Labute approximate surface area is 198 Å². The Balaban J connectivity index is 1.40. The van der Waals surface area contributed by atoms with E-state index in [0.717, 1.165) is 12.8 Å². The monoisotopic (exact) mass is 464 g/mol. The molecule has 9 nitrogen and oxygen atoms in total. The molecule has 1 aromatic carbocycles. The molecule has 3 aromatic rings. The predicted molar refractivity (Wildman–Crippen MR) is 126 cm³/mol. The molecule has 1 saturated heterocycles. The molecular weight excluding hydrogens is 436 g/mol. The number of ether oxygens (including phenoxy) is 2. The normalized spacial score (nSPS) is 14.0. The van der Waals surface area contributed by atoms with Crippen molar-refractivity contribution < 1.29 is 23.1 Å². The standard InChI is InChI=1S/C25H28N4O5/c1-3-4-13-32-21-8-7-18(31-2)15-19(21)27-23(30)17-9-11-29(12-10-17)25-20(16-26)28-24(34-25)22-6-5-14-33-22/h5-8,14-15,17H,3-4,9-13H2,1-2H3,(H,27,30). The van der Waals surface area contributed by atoms with Gasteiger partial charge < -0.3 is 28.5 Å². The minimum absolute atomic E-state index is 0.0670. The Kier molecular flexibility index (Phi) is 7.38. The molecular formula is C25H28N4O5. The number of unbranched alkanes of at least 4 members (excludes halogenated alkanes) is 1. The highest BCUT2D eigenvalue weighted by Gasteiger charge is 2.29. The predicted octanol–water partition coefficient (Wildman–Crippen LogP) is 4.85. The van der Waals surface area contributed by atoms with Gasteiger partial charge in [-0.1, -0.05) is 13.3 Å². The van der Waals surface area contributed by atoms with E-state index in [0.29, 0.717) is 61.4 Å². The van der Waals surface area contributed by atoms with E-state index in [4.69, 9.17) is 18.3 Å². The van der Waals surface area contributed by atoms with Gasteiger partial charge in [0.2, 0.25) is 17.5 Å². The molecule has 34 heavy (non-hydrogen) atoms. The second-order valence-electron chi connectivity index (χ2n) is 8.08. The number of furan rings is 1. The SMILES string of the molecule is CCCCOc1ccc(OC)cc1NC(=O)C1CCN(c2oc(-c3ccco3)nc2C#N)CC1. The summed E-state index contributed by atoms with van der Waals surface area (Å²) in [6.07, 6.45) is 4.72. The molecule has 9 heteroatoms. The summed E-state index contributed by atoms with van der Waals surface area (Å²) < 4.78 is 22.3. The largest absolute Gasteiger partial charge is 0.497 e. The van der Waals surface area contributed by atoms with Gasteiger partial charge in [-0.2, -0.15) is 10.2 Å². The number of piperidine rings is 1. The average Bonchev–Trinajstić information content (AvgIpc) is 3.55. The Hall–Kier alpha value is -3.93. The van der Waals surface area contributed by atoms with E-state index in [1.165, 1.54) is 6.26 Å². The lowest BCUT2D eigenvalue weighted by Gasteiger charge is -2.31. The van der Waals surface area contributed by atoms with Crippen LogP contribution < -0.4 is 19.7 Å². The van der Waals surface area contributed by atoms with Crippen LogP contribution in [0.3, 0.4) is 0 Å². The van der Waals surface area contributed by atoms with Gasteiger partial charge in [0, 0.05) is 25.1 Å². The maximum atomic E-state index is 13.0. The molecule has 1 aliphatic rings. The maximum absolute atomic E-state index is 13.0. The van der Waals surface area contributed by atoms with Crippen molar-refractivity contribution in [2.75, 3.05) is 37.0 Å². The molecule has 1 amide bonds. The average molecular weight is 465 g/mol. The fourth-order valence-corrected chi connectivity index (χ4v) is 3.87. The van der Waals surface area contributed by atoms with Crippen LogP contribution in [-0.2, 0) is 4.79 Å². The fourth-order valence-electron chi connectivity index (χ4n) is 3.87. The van der Waals surface area contributed by atoms with Gasteiger partial charge in [0.25, 0.3) is 5.89 Å². The number of hydrogen-bond donors (Lipinski definition) is 1. The number of carbonyl (C=O) groups excluding carboxylic acids is 1. The van der Waals surface area contributed by atoms with Crippen LogP contribution in [0.2, 0.25) is 0 Å². The zero-order valence-corrected chi connectivity index (χ0v) is 19.4. The van der Waals surface area contributed by atoms with Gasteiger partial charge in [0.1, 0.15) is 17.6 Å². The number of carbonyl (C=O) groups is 1. The van der Waals surface area contributed by atoms with Crippen LogP contribution >= 0.6 is 0 Å². The maximum Gasteiger partial charge on any atom is 0.266 e. The first-order valence-electron chi connectivity index (χ1n) is 11.4. The quantitative estimate of drug-likeness (QED) is 0.447. The molecule has 1 N–H and O–H groups in total. The van der Waals surface area contributed by atoms with E-state index in [1.54, 1.807) is 25.3 Å². The lowest BCUT2D eigenvalue weighted by atomic mass is 9.95. The van der Waals surface area contributed by atoms with Crippen molar-refractivity contribution in [3.63, 3.8) is 0 Å². The number of anilines is 2. The first-order chi connectivity index (χ1) is 16.6. The Morgan fingerprint density at radius 3 is 2.82 bits per heavy atom. The third-order valence-electron chi connectivity index (χ3n) is 5.80. The Morgan fingerprint density at radius 2 is 2.15 bits per heavy atom. The van der Waals surface area contributed by atoms with Crippen molar-refractivity contribution in [1.82, 2.24) is 4.98 Å². The summed E-state index contributed by atoms with van der Waals surface area (Å²) >= 11 is 0. The van der Waals surface area contributed by atoms with E-state index in [9.17, 15) is 10.1 Å². The highest BCUT2D eigenvalue weighted by atomic mass is 16.5. The number of oxazole rings is 1. The number of nitrogens with one attached hydrogen (secondary N) is 1. The van der Waals surface area contributed by atoms with Crippen molar-refractivity contribution in [2.45, 2.75) is 32.6 Å². The zero-order chi connectivity index (χ0) is 23.9. The number of benzene rings is 1. The molecule has 0 saturated carbocycles. The minimum atomic E-state index is -0.177. The third-order valence-corrected chi connectivity index (χ3v) is 5.80. The smallest absolute Gasteiger partial charge is 0.266 e. The number of amides is 1. The number of hydrogen-bond acceptors (Lipinski definition) is 8. The summed E-state index contributed by atoms with van der Waals surface area (Å²) in [4.78, 5) is 19.2. The Morgan fingerprint density at radius 1 is 1.32 bits per heavy atom. The van der Waals surface area contributed by atoms with E-state index >= 15 is 0 Å². The second-order valence-corrected chi connectivity index (χ2v) is 8.08. The van der Waals surface area contributed by atoms with Crippen molar-refractivity contribution in [3.8, 4) is 29.2 Å². The topological polar surface area (TPSA) is 114 Å². The molecule has 3 heterocycles. The molecule has 0 bridgehead atoms. The molecule has 0 atom stereocenters. The van der Waals surface area contributed by atoms with Crippen molar-refractivity contribution in [3.05, 3.63) is 42.3 Å². The summed E-state index contributed by atoms with van der Waals surface area (Å²) in [5, 5.41) is 12.5. The van der Waals surface area contributed by atoms with E-state index in [1.807, 2.05) is 17.0 Å². The lowest BCUT2D eigenvalue weighted by molar-refractivity contribution is -0.120. The van der Waals surface area contributed by atoms with Gasteiger partial charge in [-0.3, -0.25) is 4.79 Å². The second kappa shape index (κ2) is 10.8. The summed E-state index contributed by atoms with van der Waals surface area (Å²) in [5.74, 6) is 2.18. The molecule has 4 rings (SSSR count). The first-order valence-corrected chi connectivity index (χ1v) is 11.4. The number of nitriles is 1. The zero-order valence-electron chi connectivity index (χ0n) is 19.4. The molecule has 0 aliphatic carbocycles.